The normalized spacial score (nSPS) is 21.4. The van der Waals surface area contributed by atoms with Crippen LogP contribution >= 0.6 is 0 Å². The number of carbonyl (C=O) groups is 2. The summed E-state index contributed by atoms with van der Waals surface area (Å²) in [6, 6.07) is 14.4. The lowest BCUT2D eigenvalue weighted by atomic mass is 10.0. The van der Waals surface area contributed by atoms with Crippen LogP contribution in [0.3, 0.4) is 0 Å². The zero-order chi connectivity index (χ0) is 19.3. The number of ether oxygens (including phenoxy) is 1. The molecule has 2 aliphatic heterocycles. The third-order valence-electron chi connectivity index (χ3n) is 5.61. The quantitative estimate of drug-likeness (QED) is 0.829. The molecule has 0 radical (unpaired) electrons. The van der Waals surface area contributed by atoms with E-state index in [2.05, 4.69) is 45.9 Å². The standard InChI is InChI=1S/C22H27N3O3/c26-21(24-19-7-11-28-12-8-19)14-20-22(27)23-9-10-25(20)15-16-5-6-17-3-1-2-4-18(17)13-16/h1-6,13,19-20H,7-12,14-15H2,(H,23,27)(H,24,26)/t20-/m0/s1. The summed E-state index contributed by atoms with van der Waals surface area (Å²) in [6.07, 6.45) is 1.86. The van der Waals surface area contributed by atoms with Gasteiger partial charge in [-0.1, -0.05) is 36.4 Å². The number of nitrogens with zero attached hydrogens (tertiary/aromatic N) is 1. The van der Waals surface area contributed by atoms with Gasteiger partial charge in [0.1, 0.15) is 0 Å². The van der Waals surface area contributed by atoms with Gasteiger partial charge in [-0.15, -0.1) is 0 Å². The molecular formula is C22H27N3O3. The van der Waals surface area contributed by atoms with Gasteiger partial charge in [0.2, 0.25) is 11.8 Å². The highest BCUT2D eigenvalue weighted by Crippen LogP contribution is 2.19. The van der Waals surface area contributed by atoms with Gasteiger partial charge < -0.3 is 15.4 Å². The highest BCUT2D eigenvalue weighted by Gasteiger charge is 2.32. The van der Waals surface area contributed by atoms with Gasteiger partial charge in [0, 0.05) is 38.9 Å². The van der Waals surface area contributed by atoms with Crippen LogP contribution in [-0.4, -0.2) is 55.1 Å². The Bertz CT molecular complexity index is 848. The van der Waals surface area contributed by atoms with Crippen LogP contribution in [0.5, 0.6) is 0 Å². The van der Waals surface area contributed by atoms with Gasteiger partial charge in [-0.25, -0.2) is 0 Å². The molecule has 2 N–H and O–H groups in total. The molecular weight excluding hydrogens is 354 g/mol. The van der Waals surface area contributed by atoms with Crippen molar-refractivity contribution in [2.75, 3.05) is 26.3 Å². The van der Waals surface area contributed by atoms with Crippen molar-refractivity contribution in [2.24, 2.45) is 0 Å². The van der Waals surface area contributed by atoms with Gasteiger partial charge in [0.15, 0.2) is 0 Å². The second kappa shape index (κ2) is 8.71. The molecule has 0 aliphatic carbocycles. The first-order chi connectivity index (χ1) is 13.7. The van der Waals surface area contributed by atoms with E-state index in [4.69, 9.17) is 4.74 Å². The number of fused-ring (bicyclic) bond motifs is 1. The van der Waals surface area contributed by atoms with Crippen LogP contribution in [0.2, 0.25) is 0 Å². The van der Waals surface area contributed by atoms with E-state index < -0.39 is 6.04 Å². The topological polar surface area (TPSA) is 70.7 Å². The van der Waals surface area contributed by atoms with Crippen LogP contribution < -0.4 is 10.6 Å². The Morgan fingerprint density at radius 1 is 1.14 bits per heavy atom. The predicted octanol–water partition coefficient (Wildman–Crippen LogP) is 1.83. The van der Waals surface area contributed by atoms with E-state index in [1.165, 1.54) is 10.8 Å². The second-order valence-corrected chi connectivity index (χ2v) is 7.62. The molecule has 2 heterocycles. The number of rotatable bonds is 5. The minimum Gasteiger partial charge on any atom is -0.381 e. The van der Waals surface area contributed by atoms with Crippen LogP contribution in [0.15, 0.2) is 42.5 Å². The molecule has 2 aliphatic rings. The maximum atomic E-state index is 12.5. The molecule has 2 saturated heterocycles. The maximum absolute atomic E-state index is 12.5. The van der Waals surface area contributed by atoms with E-state index in [0.717, 1.165) is 24.9 Å². The average molecular weight is 381 g/mol. The fraction of sp³-hybridized carbons (Fsp3) is 0.455. The Morgan fingerprint density at radius 2 is 1.93 bits per heavy atom. The first-order valence-corrected chi connectivity index (χ1v) is 10.1. The van der Waals surface area contributed by atoms with Crippen molar-refractivity contribution in [3.8, 4) is 0 Å². The van der Waals surface area contributed by atoms with Crippen molar-refractivity contribution >= 4 is 22.6 Å². The highest BCUT2D eigenvalue weighted by atomic mass is 16.5. The highest BCUT2D eigenvalue weighted by molar-refractivity contribution is 5.89. The summed E-state index contributed by atoms with van der Waals surface area (Å²) in [7, 11) is 0. The number of hydrogen-bond donors (Lipinski definition) is 2. The number of piperazine rings is 1. The van der Waals surface area contributed by atoms with Gasteiger partial charge in [0.25, 0.3) is 0 Å². The smallest absolute Gasteiger partial charge is 0.237 e. The first-order valence-electron chi connectivity index (χ1n) is 10.1. The molecule has 0 aromatic heterocycles. The van der Waals surface area contributed by atoms with Crippen LogP contribution in [0.4, 0.5) is 0 Å². The summed E-state index contributed by atoms with van der Waals surface area (Å²) in [4.78, 5) is 27.1. The van der Waals surface area contributed by atoms with Gasteiger partial charge in [-0.3, -0.25) is 14.5 Å². The lowest BCUT2D eigenvalue weighted by Gasteiger charge is -2.35. The minimum atomic E-state index is -0.430. The van der Waals surface area contributed by atoms with Crippen molar-refractivity contribution in [3.05, 3.63) is 48.0 Å². The van der Waals surface area contributed by atoms with E-state index in [1.807, 2.05) is 12.1 Å². The van der Waals surface area contributed by atoms with Crippen LogP contribution in [-0.2, 0) is 20.9 Å². The molecule has 2 aromatic carbocycles. The van der Waals surface area contributed by atoms with Crippen molar-refractivity contribution in [2.45, 2.75) is 37.9 Å². The summed E-state index contributed by atoms with van der Waals surface area (Å²) in [6.45, 7) is 3.39. The molecule has 6 heteroatoms. The number of amides is 2. The van der Waals surface area contributed by atoms with Gasteiger partial charge in [-0.2, -0.15) is 0 Å². The summed E-state index contributed by atoms with van der Waals surface area (Å²) >= 11 is 0. The Morgan fingerprint density at radius 3 is 2.75 bits per heavy atom. The Labute approximate surface area is 165 Å². The molecule has 2 aromatic rings. The molecule has 0 unspecified atom stereocenters. The van der Waals surface area contributed by atoms with Crippen LogP contribution in [0.1, 0.15) is 24.8 Å². The Kier molecular flexibility index (Phi) is 5.88. The van der Waals surface area contributed by atoms with Gasteiger partial charge in [0.05, 0.1) is 12.5 Å². The number of hydrogen-bond acceptors (Lipinski definition) is 4. The van der Waals surface area contributed by atoms with Crippen LogP contribution in [0.25, 0.3) is 10.8 Å². The average Bonchev–Trinajstić information content (AvgIpc) is 2.71. The third kappa shape index (κ3) is 4.51. The fourth-order valence-corrected chi connectivity index (χ4v) is 4.05. The van der Waals surface area contributed by atoms with Gasteiger partial charge in [-0.05, 0) is 35.2 Å². The van der Waals surface area contributed by atoms with Gasteiger partial charge >= 0.3 is 0 Å². The minimum absolute atomic E-state index is 0.0579. The molecule has 2 amide bonds. The number of nitrogens with one attached hydrogen (secondary N) is 2. The molecule has 28 heavy (non-hydrogen) atoms. The summed E-state index contributed by atoms with van der Waals surface area (Å²) in [5.41, 5.74) is 1.16. The molecule has 0 bridgehead atoms. The lowest BCUT2D eigenvalue weighted by molar-refractivity contribution is -0.134. The van der Waals surface area contributed by atoms with E-state index in [1.54, 1.807) is 0 Å². The largest absolute Gasteiger partial charge is 0.381 e. The second-order valence-electron chi connectivity index (χ2n) is 7.62. The van der Waals surface area contributed by atoms with Crippen molar-refractivity contribution < 1.29 is 14.3 Å². The number of benzene rings is 2. The summed E-state index contributed by atoms with van der Waals surface area (Å²) in [5.74, 6) is -0.119. The van der Waals surface area contributed by atoms with Crippen LogP contribution in [0, 0.1) is 0 Å². The predicted molar refractivity (Wildman–Crippen MR) is 108 cm³/mol. The molecule has 6 nitrogen and oxygen atoms in total. The summed E-state index contributed by atoms with van der Waals surface area (Å²) < 4.78 is 5.34. The molecule has 2 fully saturated rings. The SMILES string of the molecule is O=C(C[C@H]1C(=O)NCCN1Cc1ccc2ccccc2c1)NC1CCOCC1. The van der Waals surface area contributed by atoms with Crippen molar-refractivity contribution in [3.63, 3.8) is 0 Å². The molecule has 0 saturated carbocycles. The molecule has 4 rings (SSSR count). The van der Waals surface area contributed by atoms with E-state index >= 15 is 0 Å². The fourth-order valence-electron chi connectivity index (χ4n) is 4.05. The molecule has 148 valence electrons. The Hall–Kier alpha value is -2.44. The van der Waals surface area contributed by atoms with E-state index in [9.17, 15) is 9.59 Å². The monoisotopic (exact) mass is 381 g/mol. The maximum Gasteiger partial charge on any atom is 0.237 e. The van der Waals surface area contributed by atoms with E-state index in [0.29, 0.717) is 26.3 Å². The third-order valence-corrected chi connectivity index (χ3v) is 5.61. The zero-order valence-electron chi connectivity index (χ0n) is 16.0. The molecule has 0 spiro atoms. The zero-order valence-corrected chi connectivity index (χ0v) is 16.0. The summed E-state index contributed by atoms with van der Waals surface area (Å²) in [5, 5.41) is 8.37. The van der Waals surface area contributed by atoms with E-state index in [-0.39, 0.29) is 24.3 Å². The van der Waals surface area contributed by atoms with Crippen molar-refractivity contribution in [1.29, 1.82) is 0 Å². The first kappa shape index (κ1) is 18.9. The Balaban J connectivity index is 1.43. The number of carbonyl (C=O) groups excluding carboxylic acids is 2. The van der Waals surface area contributed by atoms with Crippen molar-refractivity contribution in [1.82, 2.24) is 15.5 Å². The molecule has 1 atom stereocenters. The lowest BCUT2D eigenvalue weighted by Crippen LogP contribution is -2.56.